The maximum atomic E-state index is 12.6. The first kappa shape index (κ1) is 14.1. The highest BCUT2D eigenvalue weighted by Gasteiger charge is 2.33. The average Bonchev–Trinajstić information content (AvgIpc) is 2.77. The summed E-state index contributed by atoms with van der Waals surface area (Å²) in [7, 11) is 0. The molecule has 0 saturated heterocycles. The smallest absolute Gasteiger partial charge is 0.281 e. The third-order valence-electron chi connectivity index (χ3n) is 3.69. The molecule has 4 heteroatoms. The van der Waals surface area contributed by atoms with Crippen molar-refractivity contribution < 1.29 is 9.59 Å². The van der Waals surface area contributed by atoms with E-state index in [-0.39, 0.29) is 11.8 Å². The summed E-state index contributed by atoms with van der Waals surface area (Å²) in [5, 5.41) is 3.06. The second kappa shape index (κ2) is 5.48. The number of anilines is 2. The monoisotopic (exact) mass is 292 g/mol. The molecule has 22 heavy (non-hydrogen) atoms. The molecule has 2 aromatic carbocycles. The molecule has 1 heterocycles. The van der Waals surface area contributed by atoms with Crippen LogP contribution in [0.5, 0.6) is 0 Å². The van der Waals surface area contributed by atoms with Gasteiger partial charge in [-0.05, 0) is 37.1 Å². The number of carbonyl (C=O) groups is 2. The molecule has 0 spiro atoms. The molecule has 0 saturated carbocycles. The van der Waals surface area contributed by atoms with E-state index in [0.29, 0.717) is 11.4 Å². The minimum Gasteiger partial charge on any atom is -0.351 e. The third-order valence-corrected chi connectivity index (χ3v) is 3.69. The minimum absolute atomic E-state index is 0.294. The van der Waals surface area contributed by atoms with Crippen molar-refractivity contribution in [2.24, 2.45) is 0 Å². The van der Waals surface area contributed by atoms with Crippen molar-refractivity contribution in [1.29, 1.82) is 0 Å². The van der Waals surface area contributed by atoms with E-state index < -0.39 is 0 Å². The number of rotatable bonds is 3. The van der Waals surface area contributed by atoms with E-state index in [0.717, 1.165) is 16.8 Å². The molecular weight excluding hydrogens is 276 g/mol. The van der Waals surface area contributed by atoms with Crippen molar-refractivity contribution in [3.63, 3.8) is 0 Å². The first-order chi connectivity index (χ1) is 10.6. The molecule has 0 radical (unpaired) electrons. The van der Waals surface area contributed by atoms with Crippen LogP contribution >= 0.6 is 0 Å². The second-order valence-electron chi connectivity index (χ2n) is 5.26. The van der Waals surface area contributed by atoms with Crippen LogP contribution in [-0.2, 0) is 9.59 Å². The highest BCUT2D eigenvalue weighted by Crippen LogP contribution is 2.27. The first-order valence-electron chi connectivity index (χ1n) is 7.06. The Bertz CT molecular complexity index is 793. The summed E-state index contributed by atoms with van der Waals surface area (Å²) < 4.78 is 0. The number of hydrogen-bond donors (Lipinski definition) is 1. The van der Waals surface area contributed by atoms with Gasteiger partial charge in [-0.1, -0.05) is 36.4 Å². The van der Waals surface area contributed by atoms with E-state index in [4.69, 9.17) is 0 Å². The van der Waals surface area contributed by atoms with Gasteiger partial charge in [0.25, 0.3) is 11.8 Å². The van der Waals surface area contributed by atoms with Crippen LogP contribution in [0.25, 0.3) is 0 Å². The predicted octanol–water partition coefficient (Wildman–Crippen LogP) is 3.17. The van der Waals surface area contributed by atoms with E-state index in [1.54, 1.807) is 6.07 Å². The van der Waals surface area contributed by atoms with Crippen LogP contribution < -0.4 is 10.2 Å². The molecule has 0 fully saturated rings. The van der Waals surface area contributed by atoms with Crippen molar-refractivity contribution in [3.8, 4) is 0 Å². The summed E-state index contributed by atoms with van der Waals surface area (Å²) in [4.78, 5) is 26.0. The third kappa shape index (κ3) is 2.39. The van der Waals surface area contributed by atoms with Gasteiger partial charge in [0.15, 0.2) is 0 Å². The molecular formula is C18H16N2O2. The number of benzene rings is 2. The molecule has 0 unspecified atom stereocenters. The number of nitrogens with zero attached hydrogens (tertiary/aromatic N) is 1. The van der Waals surface area contributed by atoms with Crippen molar-refractivity contribution in [3.05, 3.63) is 71.4 Å². The van der Waals surface area contributed by atoms with E-state index in [9.17, 15) is 9.59 Å². The number of nitrogens with one attached hydrogen (secondary N) is 1. The Morgan fingerprint density at radius 2 is 1.50 bits per heavy atom. The quantitative estimate of drug-likeness (QED) is 0.884. The number of aryl methyl sites for hydroxylation is 2. The van der Waals surface area contributed by atoms with Gasteiger partial charge >= 0.3 is 0 Å². The average molecular weight is 292 g/mol. The van der Waals surface area contributed by atoms with Crippen molar-refractivity contribution in [2.45, 2.75) is 13.8 Å². The topological polar surface area (TPSA) is 49.4 Å². The molecule has 0 aliphatic carbocycles. The van der Waals surface area contributed by atoms with E-state index >= 15 is 0 Å². The van der Waals surface area contributed by atoms with Crippen LogP contribution in [0, 0.1) is 13.8 Å². The maximum absolute atomic E-state index is 12.6. The minimum atomic E-state index is -0.331. The highest BCUT2D eigenvalue weighted by molar-refractivity contribution is 6.31. The fourth-order valence-corrected chi connectivity index (χ4v) is 2.46. The number of amides is 2. The molecule has 0 bridgehead atoms. The standard InChI is InChI=1S/C18H16N2O2/c1-12-7-3-5-9-14(12)19-15-11-17(21)20(18(15)22)16-10-6-4-8-13(16)2/h3-11,19H,1-2H3. The molecule has 0 atom stereocenters. The fraction of sp³-hybridized carbons (Fsp3) is 0.111. The number of imide groups is 1. The SMILES string of the molecule is Cc1ccccc1NC1=CC(=O)N(c2ccccc2C)C1=O. The number of carbonyl (C=O) groups excluding carboxylic acids is 2. The molecule has 1 aliphatic heterocycles. The molecule has 2 aromatic rings. The van der Waals surface area contributed by atoms with Gasteiger partial charge in [-0.25, -0.2) is 4.90 Å². The Hall–Kier alpha value is -2.88. The lowest BCUT2D eigenvalue weighted by Crippen LogP contribution is -2.32. The zero-order chi connectivity index (χ0) is 15.7. The van der Waals surface area contributed by atoms with E-state index in [1.807, 2.05) is 56.3 Å². The lowest BCUT2D eigenvalue weighted by molar-refractivity contribution is -0.120. The summed E-state index contributed by atoms with van der Waals surface area (Å²) in [6.45, 7) is 3.83. The zero-order valence-corrected chi connectivity index (χ0v) is 12.5. The summed E-state index contributed by atoms with van der Waals surface area (Å²) >= 11 is 0. The lowest BCUT2D eigenvalue weighted by Gasteiger charge is -2.17. The largest absolute Gasteiger partial charge is 0.351 e. The normalized spacial score (nSPS) is 14.3. The van der Waals surface area contributed by atoms with Crippen molar-refractivity contribution >= 4 is 23.2 Å². The molecule has 1 N–H and O–H groups in total. The Morgan fingerprint density at radius 1 is 0.864 bits per heavy atom. The molecule has 2 amide bonds. The van der Waals surface area contributed by atoms with Gasteiger partial charge in [0.1, 0.15) is 5.70 Å². The maximum Gasteiger partial charge on any atom is 0.281 e. The zero-order valence-electron chi connectivity index (χ0n) is 12.5. The molecule has 110 valence electrons. The molecule has 1 aliphatic rings. The number of para-hydroxylation sites is 2. The van der Waals surface area contributed by atoms with Crippen LogP contribution in [0.15, 0.2) is 60.3 Å². The van der Waals surface area contributed by atoms with Crippen LogP contribution in [0.4, 0.5) is 11.4 Å². The van der Waals surface area contributed by atoms with Gasteiger partial charge in [-0.3, -0.25) is 9.59 Å². The molecule has 3 rings (SSSR count). The Balaban J connectivity index is 1.90. The Labute approximate surface area is 129 Å². The van der Waals surface area contributed by atoms with Gasteiger partial charge in [-0.15, -0.1) is 0 Å². The lowest BCUT2D eigenvalue weighted by atomic mass is 10.2. The van der Waals surface area contributed by atoms with Crippen LogP contribution in [0.2, 0.25) is 0 Å². The Kier molecular flexibility index (Phi) is 3.51. The van der Waals surface area contributed by atoms with Gasteiger partial charge < -0.3 is 5.32 Å². The summed E-state index contributed by atoms with van der Waals surface area (Å²) in [5.74, 6) is -0.655. The van der Waals surface area contributed by atoms with E-state index in [1.165, 1.54) is 11.0 Å². The van der Waals surface area contributed by atoms with Crippen LogP contribution in [0.1, 0.15) is 11.1 Å². The van der Waals surface area contributed by atoms with Crippen molar-refractivity contribution in [1.82, 2.24) is 0 Å². The highest BCUT2D eigenvalue weighted by atomic mass is 16.2. The molecule has 4 nitrogen and oxygen atoms in total. The van der Waals surface area contributed by atoms with Gasteiger partial charge in [0.2, 0.25) is 0 Å². The number of hydrogen-bond acceptors (Lipinski definition) is 3. The van der Waals surface area contributed by atoms with Crippen LogP contribution in [-0.4, -0.2) is 11.8 Å². The summed E-state index contributed by atoms with van der Waals surface area (Å²) in [6.07, 6.45) is 1.35. The Morgan fingerprint density at radius 3 is 2.18 bits per heavy atom. The van der Waals surface area contributed by atoms with Gasteiger partial charge in [-0.2, -0.15) is 0 Å². The fourth-order valence-electron chi connectivity index (χ4n) is 2.46. The summed E-state index contributed by atoms with van der Waals surface area (Å²) in [6, 6.07) is 15.0. The van der Waals surface area contributed by atoms with Crippen molar-refractivity contribution in [2.75, 3.05) is 10.2 Å². The predicted molar refractivity (Wildman–Crippen MR) is 86.6 cm³/mol. The van der Waals surface area contributed by atoms with Gasteiger partial charge in [0.05, 0.1) is 5.69 Å². The molecule has 0 aromatic heterocycles. The summed E-state index contributed by atoms with van der Waals surface area (Å²) in [5.41, 5.74) is 3.63. The van der Waals surface area contributed by atoms with E-state index in [2.05, 4.69) is 5.32 Å². The van der Waals surface area contributed by atoms with Crippen LogP contribution in [0.3, 0.4) is 0 Å². The van der Waals surface area contributed by atoms with Gasteiger partial charge in [0, 0.05) is 11.8 Å². The first-order valence-corrected chi connectivity index (χ1v) is 7.06. The second-order valence-corrected chi connectivity index (χ2v) is 5.26.